The van der Waals surface area contributed by atoms with Crippen LogP contribution in [-0.4, -0.2) is 69.9 Å². The smallest absolute Gasteiger partial charge is 0.367 e. The van der Waals surface area contributed by atoms with Gasteiger partial charge in [0.15, 0.2) is 6.35 Å². The lowest BCUT2D eigenvalue weighted by Crippen LogP contribution is -2.50. The third kappa shape index (κ3) is 9.44. The van der Waals surface area contributed by atoms with E-state index < -0.39 is 31.9 Å². The highest BCUT2D eigenvalue weighted by molar-refractivity contribution is 7.53. The second-order valence-electron chi connectivity index (χ2n) is 12.4. The number of benzene rings is 4. The molecule has 4 aromatic carbocycles. The third-order valence-electron chi connectivity index (χ3n) is 8.74. The number of carbonyl (C=O) groups is 1. The van der Waals surface area contributed by atoms with Crippen LogP contribution in [0.1, 0.15) is 36.1 Å². The largest absolute Gasteiger partial charge is 0.481 e. The molecule has 0 aliphatic carbocycles. The molecule has 1 fully saturated rings. The van der Waals surface area contributed by atoms with E-state index in [4.69, 9.17) is 25.3 Å². The maximum atomic E-state index is 14.9. The Bertz CT molecular complexity index is 1730. The van der Waals surface area contributed by atoms with Crippen LogP contribution in [0.2, 0.25) is 0 Å². The van der Waals surface area contributed by atoms with E-state index in [1.807, 2.05) is 72.8 Å². The first kappa shape index (κ1) is 36.9. The molecule has 1 aliphatic heterocycles. The van der Waals surface area contributed by atoms with Crippen LogP contribution in [-0.2, 0) is 39.5 Å². The van der Waals surface area contributed by atoms with Crippen molar-refractivity contribution < 1.29 is 33.4 Å². The number of hydrogen-bond donors (Lipinski definition) is 4. The summed E-state index contributed by atoms with van der Waals surface area (Å²) < 4.78 is 29.3. The summed E-state index contributed by atoms with van der Waals surface area (Å²) in [6.07, 6.45) is -2.28. The van der Waals surface area contributed by atoms with Crippen LogP contribution in [0.5, 0.6) is 5.75 Å². The van der Waals surface area contributed by atoms with E-state index in [1.165, 1.54) is 0 Å². The van der Waals surface area contributed by atoms with Gasteiger partial charge in [-0.1, -0.05) is 66.7 Å². The standard InChI is InChI=1S/C38H47N4O7P/c1-3-48-50(46,49-4-2)26-47-33-18-16-28(17-19-33)23-35-37(44)36(43)34(22-27-10-6-5-7-11-27)41(24-29-12-8-14-31(39)20-29)38(45)42(35)25-30-13-9-15-32(40)21-30/h5-21,34-37,43-44H,3-4,22-26,39-40H2,1-2H3/t34-,35-,36+,37+/m1/s1. The predicted octanol–water partition coefficient (Wildman–Crippen LogP) is 5.84. The molecule has 1 saturated heterocycles. The number of aliphatic hydroxyl groups excluding tert-OH is 2. The van der Waals surface area contributed by atoms with Gasteiger partial charge in [-0.2, -0.15) is 0 Å². The highest BCUT2D eigenvalue weighted by Crippen LogP contribution is 2.48. The van der Waals surface area contributed by atoms with Crippen molar-refractivity contribution in [2.24, 2.45) is 0 Å². The number of urea groups is 1. The molecule has 5 rings (SSSR count). The van der Waals surface area contributed by atoms with Crippen molar-refractivity contribution in [3.8, 4) is 5.75 Å². The molecule has 2 amide bonds. The van der Waals surface area contributed by atoms with Gasteiger partial charge in [-0.15, -0.1) is 0 Å². The van der Waals surface area contributed by atoms with Crippen LogP contribution in [0.3, 0.4) is 0 Å². The van der Waals surface area contributed by atoms with E-state index in [-0.39, 0.29) is 45.1 Å². The molecule has 12 heteroatoms. The zero-order chi connectivity index (χ0) is 35.7. The van der Waals surface area contributed by atoms with Crippen LogP contribution in [0.15, 0.2) is 103 Å². The Balaban J connectivity index is 1.49. The number of carbonyl (C=O) groups excluding carboxylic acids is 1. The molecular formula is C38H47N4O7P. The van der Waals surface area contributed by atoms with Crippen LogP contribution in [0.4, 0.5) is 16.2 Å². The predicted molar refractivity (Wildman–Crippen MR) is 194 cm³/mol. The number of hydrogen-bond acceptors (Lipinski definition) is 9. The second kappa shape index (κ2) is 17.0. The molecule has 11 nitrogen and oxygen atoms in total. The summed E-state index contributed by atoms with van der Waals surface area (Å²) in [6.45, 7) is 4.24. The van der Waals surface area contributed by atoms with E-state index in [1.54, 1.807) is 54.0 Å². The summed E-state index contributed by atoms with van der Waals surface area (Å²) in [5.74, 6) is 0.457. The summed E-state index contributed by atoms with van der Waals surface area (Å²) in [6, 6.07) is 29.4. The summed E-state index contributed by atoms with van der Waals surface area (Å²) in [5, 5.41) is 24.0. The lowest BCUT2D eigenvalue weighted by atomic mass is 9.91. The SMILES string of the molecule is CCOP(=O)(COc1ccc(C[C@@H]2[C@H](O)[C@@H](O)[C@@H](Cc3ccccc3)N(Cc3cccc(N)c3)C(=O)N2Cc2cccc(N)c2)cc1)OCC. The van der Waals surface area contributed by atoms with Crippen LogP contribution in [0, 0.1) is 0 Å². The zero-order valence-corrected chi connectivity index (χ0v) is 29.4. The van der Waals surface area contributed by atoms with E-state index in [2.05, 4.69) is 0 Å². The average molecular weight is 703 g/mol. The van der Waals surface area contributed by atoms with Crippen molar-refractivity contribution >= 4 is 25.0 Å². The average Bonchev–Trinajstić information content (AvgIpc) is 3.16. The van der Waals surface area contributed by atoms with Gasteiger partial charge in [0.2, 0.25) is 0 Å². The molecule has 6 N–H and O–H groups in total. The Labute approximate surface area is 293 Å². The highest BCUT2D eigenvalue weighted by Gasteiger charge is 2.46. The molecule has 1 heterocycles. The summed E-state index contributed by atoms with van der Waals surface area (Å²) in [5.41, 5.74) is 16.7. The number of aliphatic hydroxyl groups is 2. The van der Waals surface area contributed by atoms with Crippen LogP contribution < -0.4 is 16.2 Å². The summed E-state index contributed by atoms with van der Waals surface area (Å²) >= 11 is 0. The van der Waals surface area contributed by atoms with E-state index in [0.29, 0.717) is 23.5 Å². The lowest BCUT2D eigenvalue weighted by molar-refractivity contribution is -0.0408. The minimum Gasteiger partial charge on any atom is -0.481 e. The van der Waals surface area contributed by atoms with Gasteiger partial charge in [0, 0.05) is 24.5 Å². The van der Waals surface area contributed by atoms with Crippen molar-refractivity contribution in [2.75, 3.05) is 31.0 Å². The van der Waals surface area contributed by atoms with Crippen molar-refractivity contribution in [1.82, 2.24) is 9.80 Å². The van der Waals surface area contributed by atoms with Crippen LogP contribution >= 0.6 is 7.60 Å². The molecule has 0 radical (unpaired) electrons. The molecule has 50 heavy (non-hydrogen) atoms. The van der Waals surface area contributed by atoms with Gasteiger partial charge in [-0.05, 0) is 85.3 Å². The first-order chi connectivity index (χ1) is 24.1. The Kier molecular flexibility index (Phi) is 12.6. The normalized spacial score (nSPS) is 19.7. The molecule has 0 spiro atoms. The Hall–Kier alpha value is -4.38. The maximum absolute atomic E-state index is 14.9. The Morgan fingerprint density at radius 1 is 0.660 bits per heavy atom. The minimum atomic E-state index is -3.41. The fourth-order valence-electron chi connectivity index (χ4n) is 6.36. The number of nitrogens with two attached hydrogens (primary N) is 2. The molecule has 266 valence electrons. The Morgan fingerprint density at radius 2 is 1.12 bits per heavy atom. The first-order valence-electron chi connectivity index (χ1n) is 16.8. The quantitative estimate of drug-likeness (QED) is 0.0882. The van der Waals surface area contributed by atoms with Gasteiger partial charge in [-0.3, -0.25) is 4.57 Å². The third-order valence-corrected chi connectivity index (χ3v) is 10.5. The maximum Gasteiger partial charge on any atom is 0.367 e. The van der Waals surface area contributed by atoms with Crippen molar-refractivity contribution in [2.45, 2.75) is 64.1 Å². The van der Waals surface area contributed by atoms with E-state index in [0.717, 1.165) is 22.3 Å². The summed E-state index contributed by atoms with van der Waals surface area (Å²) in [4.78, 5) is 18.1. The van der Waals surface area contributed by atoms with E-state index >= 15 is 0 Å². The molecule has 0 bridgehead atoms. The van der Waals surface area contributed by atoms with Crippen molar-refractivity contribution in [3.63, 3.8) is 0 Å². The van der Waals surface area contributed by atoms with Gasteiger partial charge in [0.25, 0.3) is 0 Å². The molecule has 0 saturated carbocycles. The van der Waals surface area contributed by atoms with E-state index in [9.17, 15) is 19.6 Å². The molecular weight excluding hydrogens is 655 g/mol. The fourth-order valence-corrected chi connectivity index (χ4v) is 7.68. The van der Waals surface area contributed by atoms with Gasteiger partial charge < -0.3 is 45.3 Å². The topological polar surface area (TPSA) is 161 Å². The number of ether oxygens (including phenoxy) is 1. The van der Waals surface area contributed by atoms with Gasteiger partial charge >= 0.3 is 13.6 Å². The first-order valence-corrected chi connectivity index (χ1v) is 18.6. The summed E-state index contributed by atoms with van der Waals surface area (Å²) in [7, 11) is -3.41. The molecule has 4 aromatic rings. The highest BCUT2D eigenvalue weighted by atomic mass is 31.2. The lowest BCUT2D eigenvalue weighted by Gasteiger charge is -2.36. The van der Waals surface area contributed by atoms with Crippen molar-refractivity contribution in [3.05, 3.63) is 125 Å². The minimum absolute atomic E-state index is 0.148. The van der Waals surface area contributed by atoms with Crippen molar-refractivity contribution in [1.29, 1.82) is 0 Å². The Morgan fingerprint density at radius 3 is 1.58 bits per heavy atom. The monoisotopic (exact) mass is 702 g/mol. The number of rotatable bonds is 15. The molecule has 4 atom stereocenters. The number of anilines is 2. The molecule has 1 aliphatic rings. The fraction of sp³-hybridized carbons (Fsp3) is 0.342. The zero-order valence-electron chi connectivity index (χ0n) is 28.5. The number of amides is 2. The van der Waals surface area contributed by atoms with Gasteiger partial charge in [0.05, 0.1) is 25.3 Å². The molecule has 0 aromatic heterocycles. The van der Waals surface area contributed by atoms with Gasteiger partial charge in [0.1, 0.15) is 18.0 Å². The number of nitrogens with zero attached hydrogens (tertiary/aromatic N) is 2. The number of nitrogen functional groups attached to an aromatic ring is 2. The second-order valence-corrected chi connectivity index (χ2v) is 14.4. The van der Waals surface area contributed by atoms with Crippen LogP contribution in [0.25, 0.3) is 0 Å². The van der Waals surface area contributed by atoms with Gasteiger partial charge in [-0.25, -0.2) is 4.79 Å². The molecule has 0 unspecified atom stereocenters.